The van der Waals surface area contributed by atoms with Crippen LogP contribution in [-0.4, -0.2) is 28.9 Å². The first-order valence-electron chi connectivity index (χ1n) is 4.78. The number of hydrogen-bond acceptors (Lipinski definition) is 3. The lowest BCUT2D eigenvalue weighted by Gasteiger charge is -2.19. The number of thiophene rings is 1. The van der Waals surface area contributed by atoms with Crippen LogP contribution in [0, 0.1) is 6.92 Å². The zero-order valence-corrected chi connectivity index (χ0v) is 11.5. The van der Waals surface area contributed by atoms with E-state index in [0.29, 0.717) is 21.4 Å². The molecule has 1 heterocycles. The molecule has 0 saturated heterocycles. The Morgan fingerprint density at radius 1 is 1.69 bits per heavy atom. The van der Waals surface area contributed by atoms with Crippen molar-refractivity contribution in [2.45, 2.75) is 13.8 Å². The number of rotatable bonds is 4. The third-order valence-electron chi connectivity index (χ3n) is 2.11. The number of carbonyl (C=O) groups excluding carboxylic acids is 1. The second-order valence-corrected chi connectivity index (χ2v) is 5.13. The number of nitrogens with zero attached hydrogens (tertiary/aromatic N) is 1. The Hall–Kier alpha value is -0.650. The van der Waals surface area contributed by atoms with Gasteiger partial charge in [0, 0.05) is 6.54 Å². The quantitative estimate of drug-likeness (QED) is 0.860. The summed E-state index contributed by atoms with van der Waals surface area (Å²) in [6.07, 6.45) is 0. The van der Waals surface area contributed by atoms with Crippen molar-refractivity contribution in [3.8, 4) is 0 Å². The maximum atomic E-state index is 12.1. The Balaban J connectivity index is 2.91. The van der Waals surface area contributed by atoms with Crippen LogP contribution in [0.1, 0.15) is 22.2 Å². The fraction of sp³-hybridized carbons (Fsp3) is 0.400. The van der Waals surface area contributed by atoms with Gasteiger partial charge in [-0.25, -0.2) is 0 Å². The number of carbonyl (C=O) groups is 1. The van der Waals surface area contributed by atoms with Crippen molar-refractivity contribution in [1.29, 1.82) is 0 Å². The fourth-order valence-corrected chi connectivity index (χ4v) is 2.63. The van der Waals surface area contributed by atoms with Gasteiger partial charge in [-0.1, -0.05) is 23.8 Å². The minimum absolute atomic E-state index is 0.113. The standard InChI is InChI=1S/C10H13ClN2OS2/c1-3-13(4-7(12)15)10(14)9-8(11)6(2)5-16-9/h5H,3-4H2,1-2H3,(H2,12,15). The van der Waals surface area contributed by atoms with E-state index in [1.54, 1.807) is 4.90 Å². The molecule has 1 amide bonds. The van der Waals surface area contributed by atoms with Crippen LogP contribution in [-0.2, 0) is 0 Å². The van der Waals surface area contributed by atoms with Crippen molar-refractivity contribution >= 4 is 46.1 Å². The summed E-state index contributed by atoms with van der Waals surface area (Å²) in [7, 11) is 0. The molecule has 0 saturated carbocycles. The molecule has 0 unspecified atom stereocenters. The van der Waals surface area contributed by atoms with Gasteiger partial charge in [0.2, 0.25) is 0 Å². The molecule has 1 aromatic rings. The smallest absolute Gasteiger partial charge is 0.265 e. The molecule has 0 aliphatic rings. The number of amides is 1. The van der Waals surface area contributed by atoms with Gasteiger partial charge in [0.25, 0.3) is 5.91 Å². The molecule has 16 heavy (non-hydrogen) atoms. The minimum atomic E-state index is -0.113. The Kier molecular flexibility index (Phi) is 4.70. The molecule has 0 bridgehead atoms. The lowest BCUT2D eigenvalue weighted by Crippen LogP contribution is -2.37. The van der Waals surface area contributed by atoms with Crippen molar-refractivity contribution in [3.05, 3.63) is 20.8 Å². The fourth-order valence-electron chi connectivity index (χ4n) is 1.23. The normalized spacial score (nSPS) is 10.2. The van der Waals surface area contributed by atoms with Crippen LogP contribution in [0.3, 0.4) is 0 Å². The summed E-state index contributed by atoms with van der Waals surface area (Å²) >= 11 is 12.2. The summed E-state index contributed by atoms with van der Waals surface area (Å²) in [6, 6.07) is 0. The molecule has 1 rings (SSSR count). The van der Waals surface area contributed by atoms with E-state index in [0.717, 1.165) is 5.56 Å². The van der Waals surface area contributed by atoms with E-state index < -0.39 is 0 Å². The van der Waals surface area contributed by atoms with Gasteiger partial charge >= 0.3 is 0 Å². The third-order valence-corrected chi connectivity index (χ3v) is 3.92. The Labute approximate surface area is 109 Å². The summed E-state index contributed by atoms with van der Waals surface area (Å²) in [5.41, 5.74) is 6.35. The third kappa shape index (κ3) is 2.93. The largest absolute Gasteiger partial charge is 0.392 e. The average molecular weight is 277 g/mol. The molecule has 3 nitrogen and oxygen atoms in total. The van der Waals surface area contributed by atoms with E-state index in [2.05, 4.69) is 0 Å². The van der Waals surface area contributed by atoms with E-state index in [9.17, 15) is 4.79 Å². The van der Waals surface area contributed by atoms with Crippen LogP contribution in [0.15, 0.2) is 5.38 Å². The van der Waals surface area contributed by atoms with Crippen molar-refractivity contribution < 1.29 is 4.79 Å². The van der Waals surface area contributed by atoms with Crippen LogP contribution < -0.4 is 5.73 Å². The van der Waals surface area contributed by atoms with Crippen molar-refractivity contribution in [3.63, 3.8) is 0 Å². The van der Waals surface area contributed by atoms with E-state index in [1.165, 1.54) is 11.3 Å². The van der Waals surface area contributed by atoms with Crippen LogP contribution in [0.25, 0.3) is 0 Å². The van der Waals surface area contributed by atoms with Crippen molar-refractivity contribution in [2.24, 2.45) is 5.73 Å². The predicted molar refractivity (Wildman–Crippen MR) is 72.4 cm³/mol. The minimum Gasteiger partial charge on any atom is -0.392 e. The number of nitrogens with two attached hydrogens (primary N) is 1. The summed E-state index contributed by atoms with van der Waals surface area (Å²) in [5, 5.41) is 2.39. The van der Waals surface area contributed by atoms with Gasteiger partial charge in [0.15, 0.2) is 0 Å². The molecule has 1 aromatic heterocycles. The average Bonchev–Trinajstić information content (AvgIpc) is 2.55. The first-order chi connectivity index (χ1) is 7.47. The first kappa shape index (κ1) is 13.4. The first-order valence-corrected chi connectivity index (χ1v) is 6.45. The molecule has 0 fully saturated rings. The second-order valence-electron chi connectivity index (χ2n) is 3.35. The Morgan fingerprint density at radius 3 is 2.69 bits per heavy atom. The van der Waals surface area contributed by atoms with Crippen molar-refractivity contribution in [2.75, 3.05) is 13.1 Å². The second kappa shape index (κ2) is 5.61. The van der Waals surface area contributed by atoms with E-state index in [4.69, 9.17) is 29.6 Å². The highest BCUT2D eigenvalue weighted by molar-refractivity contribution is 7.80. The van der Waals surface area contributed by atoms with Crippen LogP contribution in [0.5, 0.6) is 0 Å². The highest BCUT2D eigenvalue weighted by Gasteiger charge is 2.20. The van der Waals surface area contributed by atoms with Gasteiger partial charge in [-0.15, -0.1) is 11.3 Å². The number of thiocarbonyl (C=S) groups is 1. The molecule has 6 heteroatoms. The van der Waals surface area contributed by atoms with E-state index in [1.807, 2.05) is 19.2 Å². The number of halogens is 1. The summed E-state index contributed by atoms with van der Waals surface area (Å²) in [5.74, 6) is -0.113. The Bertz CT molecular complexity index is 417. The molecule has 0 radical (unpaired) electrons. The van der Waals surface area contributed by atoms with Crippen LogP contribution >= 0.6 is 35.2 Å². The molecule has 0 aliphatic heterocycles. The molecular formula is C10H13ClN2OS2. The molecule has 0 atom stereocenters. The molecule has 2 N–H and O–H groups in total. The molecule has 0 spiro atoms. The number of likely N-dealkylation sites (N-methyl/N-ethyl adjacent to an activating group) is 1. The highest BCUT2D eigenvalue weighted by atomic mass is 35.5. The van der Waals surface area contributed by atoms with Gasteiger partial charge < -0.3 is 10.6 Å². The van der Waals surface area contributed by atoms with E-state index in [-0.39, 0.29) is 12.5 Å². The highest BCUT2D eigenvalue weighted by Crippen LogP contribution is 2.28. The maximum Gasteiger partial charge on any atom is 0.265 e. The molecule has 88 valence electrons. The van der Waals surface area contributed by atoms with Gasteiger partial charge in [0.1, 0.15) is 4.88 Å². The summed E-state index contributed by atoms with van der Waals surface area (Å²) in [4.78, 5) is 14.5. The van der Waals surface area contributed by atoms with Crippen LogP contribution in [0.4, 0.5) is 0 Å². The van der Waals surface area contributed by atoms with Gasteiger partial charge in [-0.3, -0.25) is 4.79 Å². The zero-order chi connectivity index (χ0) is 12.3. The number of hydrogen-bond donors (Lipinski definition) is 1. The molecule has 0 aromatic carbocycles. The zero-order valence-electron chi connectivity index (χ0n) is 9.12. The van der Waals surface area contributed by atoms with Crippen molar-refractivity contribution in [1.82, 2.24) is 4.90 Å². The molecule has 0 aliphatic carbocycles. The van der Waals surface area contributed by atoms with Gasteiger partial charge in [-0.05, 0) is 24.8 Å². The summed E-state index contributed by atoms with van der Waals surface area (Å²) < 4.78 is 0. The number of aryl methyl sites for hydroxylation is 1. The Morgan fingerprint density at radius 2 is 2.31 bits per heavy atom. The van der Waals surface area contributed by atoms with E-state index >= 15 is 0 Å². The SMILES string of the molecule is CCN(CC(N)=S)C(=O)c1scc(C)c1Cl. The van der Waals surface area contributed by atoms with Crippen LogP contribution in [0.2, 0.25) is 5.02 Å². The summed E-state index contributed by atoms with van der Waals surface area (Å²) in [6.45, 7) is 4.60. The monoisotopic (exact) mass is 276 g/mol. The lowest BCUT2D eigenvalue weighted by atomic mass is 10.3. The van der Waals surface area contributed by atoms with Gasteiger partial charge in [-0.2, -0.15) is 0 Å². The lowest BCUT2D eigenvalue weighted by molar-refractivity contribution is 0.0793. The maximum absolute atomic E-state index is 12.1. The van der Waals surface area contributed by atoms with Gasteiger partial charge in [0.05, 0.1) is 16.6 Å². The topological polar surface area (TPSA) is 46.3 Å². The predicted octanol–water partition coefficient (Wildman–Crippen LogP) is 2.46. The molecular weight excluding hydrogens is 264 g/mol.